The minimum Gasteiger partial charge on any atom is -0.394 e. The zero-order valence-electron chi connectivity index (χ0n) is 10.7. The van der Waals surface area contributed by atoms with Gasteiger partial charge in [0.15, 0.2) is 0 Å². The summed E-state index contributed by atoms with van der Waals surface area (Å²) < 4.78 is 0. The molecule has 0 aromatic heterocycles. The summed E-state index contributed by atoms with van der Waals surface area (Å²) >= 11 is 0. The van der Waals surface area contributed by atoms with Gasteiger partial charge in [0, 0.05) is 24.5 Å². The number of hydrogen-bond donors (Lipinski definition) is 2. The maximum atomic E-state index is 12.3. The Morgan fingerprint density at radius 3 is 2.35 bits per heavy atom. The molecule has 17 heavy (non-hydrogen) atoms. The number of hydrogen-bond acceptors (Lipinski definition) is 3. The Balaban J connectivity index is 1.85. The molecule has 2 aliphatic carbocycles. The molecule has 2 fully saturated rings. The van der Waals surface area contributed by atoms with Crippen LogP contribution in [0.3, 0.4) is 0 Å². The predicted octanol–water partition coefficient (Wildman–Crippen LogP) is 0.877. The lowest BCUT2D eigenvalue weighted by atomic mass is 9.76. The van der Waals surface area contributed by atoms with Gasteiger partial charge in [-0.1, -0.05) is 0 Å². The van der Waals surface area contributed by atoms with E-state index in [1.54, 1.807) is 0 Å². The maximum absolute atomic E-state index is 12.3. The maximum Gasteiger partial charge on any atom is 0.225 e. The number of nitrogens with two attached hydrogens (primary N) is 1. The lowest BCUT2D eigenvalue weighted by Crippen LogP contribution is -2.50. The van der Waals surface area contributed by atoms with Crippen molar-refractivity contribution in [2.75, 3.05) is 13.7 Å². The Labute approximate surface area is 103 Å². The molecular formula is C13H24N2O2. The fourth-order valence-electron chi connectivity index (χ4n) is 2.84. The van der Waals surface area contributed by atoms with Gasteiger partial charge >= 0.3 is 0 Å². The molecule has 0 heterocycles. The minimum absolute atomic E-state index is 0.0341. The first-order chi connectivity index (χ1) is 8.06. The quantitative estimate of drug-likeness (QED) is 0.769. The van der Waals surface area contributed by atoms with Gasteiger partial charge < -0.3 is 15.7 Å². The molecule has 0 radical (unpaired) electrons. The van der Waals surface area contributed by atoms with E-state index in [0.29, 0.717) is 6.04 Å². The van der Waals surface area contributed by atoms with Gasteiger partial charge in [0.05, 0.1) is 6.61 Å². The monoisotopic (exact) mass is 240 g/mol. The highest BCUT2D eigenvalue weighted by molar-refractivity contribution is 5.79. The van der Waals surface area contributed by atoms with Gasteiger partial charge in [-0.15, -0.1) is 0 Å². The van der Waals surface area contributed by atoms with Crippen molar-refractivity contribution in [1.82, 2.24) is 4.90 Å². The van der Waals surface area contributed by atoms with E-state index in [2.05, 4.69) is 0 Å². The molecule has 98 valence electrons. The minimum atomic E-state index is -0.439. The van der Waals surface area contributed by atoms with E-state index in [0.717, 1.165) is 38.5 Å². The van der Waals surface area contributed by atoms with Gasteiger partial charge in [0.2, 0.25) is 5.91 Å². The second-order valence-electron chi connectivity index (χ2n) is 5.83. The van der Waals surface area contributed by atoms with Crippen molar-refractivity contribution in [1.29, 1.82) is 0 Å². The number of carbonyl (C=O) groups excluding carboxylic acids is 1. The first kappa shape index (κ1) is 12.8. The summed E-state index contributed by atoms with van der Waals surface area (Å²) in [5.74, 6) is 0.415. The van der Waals surface area contributed by atoms with Crippen LogP contribution in [0.5, 0.6) is 0 Å². The number of carbonyl (C=O) groups is 1. The molecule has 2 saturated carbocycles. The van der Waals surface area contributed by atoms with Crippen LogP contribution >= 0.6 is 0 Å². The molecule has 0 saturated heterocycles. The second-order valence-corrected chi connectivity index (χ2v) is 5.83. The van der Waals surface area contributed by atoms with Crippen LogP contribution in [0, 0.1) is 5.92 Å². The van der Waals surface area contributed by atoms with Crippen LogP contribution in [-0.4, -0.2) is 41.1 Å². The standard InChI is InChI=1S/C13H24N2O2/c1-15(11-3-2-4-11)12(17)10-5-7-13(14,9-16)8-6-10/h10-11,16H,2-9,14H2,1H3. The number of nitrogens with zero attached hydrogens (tertiary/aromatic N) is 1. The van der Waals surface area contributed by atoms with E-state index >= 15 is 0 Å². The lowest BCUT2D eigenvalue weighted by Gasteiger charge is -2.40. The van der Waals surface area contributed by atoms with E-state index in [1.165, 1.54) is 6.42 Å². The zero-order valence-corrected chi connectivity index (χ0v) is 10.7. The van der Waals surface area contributed by atoms with Crippen LogP contribution in [0.15, 0.2) is 0 Å². The summed E-state index contributed by atoms with van der Waals surface area (Å²) in [5, 5.41) is 9.20. The van der Waals surface area contributed by atoms with E-state index in [1.807, 2.05) is 11.9 Å². The highest BCUT2D eigenvalue weighted by Crippen LogP contribution is 2.33. The fraction of sp³-hybridized carbons (Fsp3) is 0.923. The van der Waals surface area contributed by atoms with Crippen molar-refractivity contribution >= 4 is 5.91 Å². The molecule has 0 aliphatic heterocycles. The molecule has 0 bridgehead atoms. The van der Waals surface area contributed by atoms with Crippen LogP contribution in [0.2, 0.25) is 0 Å². The average molecular weight is 240 g/mol. The average Bonchev–Trinajstić information content (AvgIpc) is 2.27. The summed E-state index contributed by atoms with van der Waals surface area (Å²) in [6.07, 6.45) is 6.75. The van der Waals surface area contributed by atoms with Gasteiger partial charge in [-0.3, -0.25) is 4.79 Å². The Morgan fingerprint density at radius 2 is 1.94 bits per heavy atom. The third kappa shape index (κ3) is 2.63. The molecule has 0 unspecified atom stereocenters. The zero-order chi connectivity index (χ0) is 12.5. The Morgan fingerprint density at radius 1 is 1.35 bits per heavy atom. The van der Waals surface area contributed by atoms with Gasteiger partial charge in [0.1, 0.15) is 0 Å². The normalized spacial score (nSPS) is 34.2. The molecule has 0 atom stereocenters. The molecule has 0 spiro atoms. The van der Waals surface area contributed by atoms with E-state index in [-0.39, 0.29) is 18.4 Å². The summed E-state index contributed by atoms with van der Waals surface area (Å²) in [6.45, 7) is 0.0341. The van der Waals surface area contributed by atoms with Crippen molar-refractivity contribution in [3.05, 3.63) is 0 Å². The highest BCUT2D eigenvalue weighted by atomic mass is 16.3. The Bertz CT molecular complexity index is 281. The molecule has 4 heteroatoms. The molecular weight excluding hydrogens is 216 g/mol. The van der Waals surface area contributed by atoms with Crippen molar-refractivity contribution in [3.8, 4) is 0 Å². The van der Waals surface area contributed by atoms with Crippen molar-refractivity contribution in [2.45, 2.75) is 56.5 Å². The smallest absolute Gasteiger partial charge is 0.225 e. The topological polar surface area (TPSA) is 66.6 Å². The van der Waals surface area contributed by atoms with Gasteiger partial charge in [-0.05, 0) is 44.9 Å². The number of aliphatic hydroxyl groups excluding tert-OH is 1. The van der Waals surface area contributed by atoms with Crippen LogP contribution in [-0.2, 0) is 4.79 Å². The molecule has 2 rings (SSSR count). The van der Waals surface area contributed by atoms with Crippen molar-refractivity contribution < 1.29 is 9.90 Å². The first-order valence-electron chi connectivity index (χ1n) is 6.72. The van der Waals surface area contributed by atoms with Crippen LogP contribution in [0.4, 0.5) is 0 Å². The van der Waals surface area contributed by atoms with Gasteiger partial charge in [-0.2, -0.15) is 0 Å². The summed E-state index contributed by atoms with van der Waals surface area (Å²) in [5.41, 5.74) is 5.58. The summed E-state index contributed by atoms with van der Waals surface area (Å²) in [4.78, 5) is 14.2. The number of aliphatic hydroxyl groups is 1. The summed E-state index contributed by atoms with van der Waals surface area (Å²) in [6, 6.07) is 0.477. The summed E-state index contributed by atoms with van der Waals surface area (Å²) in [7, 11) is 1.93. The SMILES string of the molecule is CN(C(=O)C1CCC(N)(CO)CC1)C1CCC1. The molecule has 2 aliphatic rings. The molecule has 1 amide bonds. The first-order valence-corrected chi connectivity index (χ1v) is 6.72. The van der Waals surface area contributed by atoms with Gasteiger partial charge in [0.25, 0.3) is 0 Å². The van der Waals surface area contributed by atoms with Crippen molar-refractivity contribution in [3.63, 3.8) is 0 Å². The van der Waals surface area contributed by atoms with E-state index in [4.69, 9.17) is 5.73 Å². The number of rotatable bonds is 3. The third-order valence-electron chi connectivity index (χ3n) is 4.62. The van der Waals surface area contributed by atoms with Crippen molar-refractivity contribution in [2.24, 2.45) is 11.7 Å². The van der Waals surface area contributed by atoms with E-state index < -0.39 is 5.54 Å². The molecule has 4 nitrogen and oxygen atoms in total. The van der Waals surface area contributed by atoms with Crippen LogP contribution in [0.1, 0.15) is 44.9 Å². The van der Waals surface area contributed by atoms with Crippen LogP contribution in [0.25, 0.3) is 0 Å². The number of amides is 1. The van der Waals surface area contributed by atoms with Gasteiger partial charge in [-0.25, -0.2) is 0 Å². The third-order valence-corrected chi connectivity index (χ3v) is 4.62. The second kappa shape index (κ2) is 4.94. The highest BCUT2D eigenvalue weighted by Gasteiger charge is 2.36. The van der Waals surface area contributed by atoms with E-state index in [9.17, 15) is 9.90 Å². The lowest BCUT2D eigenvalue weighted by molar-refractivity contribution is -0.139. The fourth-order valence-corrected chi connectivity index (χ4v) is 2.84. The molecule has 0 aromatic carbocycles. The Kier molecular flexibility index (Phi) is 3.73. The predicted molar refractivity (Wildman–Crippen MR) is 66.4 cm³/mol. The largest absolute Gasteiger partial charge is 0.394 e. The molecule has 0 aromatic rings. The Hall–Kier alpha value is -0.610. The molecule has 3 N–H and O–H groups in total. The van der Waals surface area contributed by atoms with Crippen LogP contribution < -0.4 is 5.73 Å².